The predicted octanol–water partition coefficient (Wildman–Crippen LogP) is 1.05. The normalized spacial score (nSPS) is 11.0. The van der Waals surface area contributed by atoms with Gasteiger partial charge in [-0.15, -0.1) is 10.2 Å². The van der Waals surface area contributed by atoms with Crippen molar-refractivity contribution in [2.24, 2.45) is 5.10 Å². The second kappa shape index (κ2) is 3.91. The summed E-state index contributed by atoms with van der Waals surface area (Å²) in [5.74, 6) is 0.958. The smallest absolute Gasteiger partial charge is 0.243 e. The zero-order valence-electron chi connectivity index (χ0n) is 8.33. The predicted molar refractivity (Wildman–Crippen MR) is 58.6 cm³/mol. The van der Waals surface area contributed by atoms with E-state index in [-0.39, 0.29) is 0 Å². The Morgan fingerprint density at radius 1 is 1.27 bits per heavy atom. The van der Waals surface area contributed by atoms with Gasteiger partial charge in [-0.1, -0.05) is 30.3 Å². The van der Waals surface area contributed by atoms with E-state index in [4.69, 9.17) is 5.73 Å². The summed E-state index contributed by atoms with van der Waals surface area (Å²) >= 11 is 0. The molecule has 5 heteroatoms. The lowest BCUT2D eigenvalue weighted by atomic mass is 10.2. The lowest BCUT2D eigenvalue weighted by Crippen LogP contribution is -1.99. The minimum absolute atomic E-state index is 0.291. The van der Waals surface area contributed by atoms with Crippen molar-refractivity contribution >= 4 is 12.2 Å². The highest BCUT2D eigenvalue weighted by Crippen LogP contribution is 2.02. The molecule has 2 aromatic rings. The lowest BCUT2D eigenvalue weighted by Gasteiger charge is -1.96. The number of hydrogen-bond donors (Lipinski definition) is 1. The van der Waals surface area contributed by atoms with E-state index in [9.17, 15) is 0 Å². The third kappa shape index (κ3) is 2.01. The molecule has 0 fully saturated rings. The van der Waals surface area contributed by atoms with Crippen molar-refractivity contribution in [1.29, 1.82) is 0 Å². The second-order valence-electron chi connectivity index (χ2n) is 3.07. The molecule has 0 saturated carbocycles. The van der Waals surface area contributed by atoms with E-state index >= 15 is 0 Å². The van der Waals surface area contributed by atoms with Gasteiger partial charge < -0.3 is 5.73 Å². The third-order valence-corrected chi connectivity index (χ3v) is 1.94. The van der Waals surface area contributed by atoms with Crippen molar-refractivity contribution in [1.82, 2.24) is 14.9 Å². The highest BCUT2D eigenvalue weighted by Gasteiger charge is 2.01. The fraction of sp³-hybridized carbons (Fsp3) is 0.100. The van der Waals surface area contributed by atoms with Crippen LogP contribution in [0.25, 0.3) is 0 Å². The van der Waals surface area contributed by atoms with E-state index < -0.39 is 0 Å². The Morgan fingerprint density at radius 3 is 2.60 bits per heavy atom. The van der Waals surface area contributed by atoms with Crippen LogP contribution in [0.15, 0.2) is 35.4 Å². The SMILES string of the molecule is Cc1nnc(N)n1/N=C\c1ccccc1. The van der Waals surface area contributed by atoms with Crippen molar-refractivity contribution in [3.05, 3.63) is 41.7 Å². The van der Waals surface area contributed by atoms with Gasteiger partial charge >= 0.3 is 0 Å². The molecule has 2 rings (SSSR count). The Labute approximate surface area is 87.3 Å². The molecule has 0 aliphatic heterocycles. The van der Waals surface area contributed by atoms with Gasteiger partial charge in [0.25, 0.3) is 0 Å². The Balaban J connectivity index is 2.26. The molecule has 1 aromatic heterocycles. The monoisotopic (exact) mass is 201 g/mol. The van der Waals surface area contributed by atoms with Crippen LogP contribution in [0.5, 0.6) is 0 Å². The molecule has 0 aliphatic rings. The van der Waals surface area contributed by atoms with Crippen LogP contribution in [0.3, 0.4) is 0 Å². The molecular formula is C10H11N5. The fourth-order valence-corrected chi connectivity index (χ4v) is 1.18. The molecule has 1 aromatic carbocycles. The van der Waals surface area contributed by atoms with Crippen LogP contribution in [0.4, 0.5) is 5.95 Å². The van der Waals surface area contributed by atoms with Crippen LogP contribution >= 0.6 is 0 Å². The Kier molecular flexibility index (Phi) is 2.45. The first kappa shape index (κ1) is 9.39. The molecule has 76 valence electrons. The average molecular weight is 201 g/mol. The summed E-state index contributed by atoms with van der Waals surface area (Å²) in [4.78, 5) is 0. The number of benzene rings is 1. The maximum absolute atomic E-state index is 5.58. The standard InChI is InChI=1S/C10H11N5/c1-8-13-14-10(11)15(8)12-7-9-5-3-2-4-6-9/h2-7H,1H3,(H2,11,14)/b12-7-. The molecule has 2 N–H and O–H groups in total. The number of nitrogen functional groups attached to an aromatic ring is 1. The second-order valence-corrected chi connectivity index (χ2v) is 3.07. The minimum atomic E-state index is 0.291. The molecule has 0 radical (unpaired) electrons. The van der Waals surface area contributed by atoms with E-state index in [0.29, 0.717) is 11.8 Å². The summed E-state index contributed by atoms with van der Waals surface area (Å²) in [5.41, 5.74) is 6.59. The van der Waals surface area contributed by atoms with Crippen LogP contribution in [-0.2, 0) is 0 Å². The van der Waals surface area contributed by atoms with Crippen LogP contribution in [0.1, 0.15) is 11.4 Å². The van der Waals surface area contributed by atoms with Crippen molar-refractivity contribution < 1.29 is 0 Å². The minimum Gasteiger partial charge on any atom is -0.366 e. The van der Waals surface area contributed by atoms with Crippen LogP contribution < -0.4 is 5.73 Å². The molecule has 0 aliphatic carbocycles. The summed E-state index contributed by atoms with van der Waals surface area (Å²) in [5, 5.41) is 11.7. The van der Waals surface area contributed by atoms with E-state index in [1.54, 1.807) is 13.1 Å². The molecule has 0 amide bonds. The zero-order chi connectivity index (χ0) is 10.7. The van der Waals surface area contributed by atoms with Gasteiger partial charge in [0, 0.05) is 0 Å². The number of nitrogens with two attached hydrogens (primary N) is 1. The molecule has 1 heterocycles. The molecule has 0 spiro atoms. The van der Waals surface area contributed by atoms with Gasteiger partial charge in [-0.25, -0.2) is 0 Å². The molecule has 15 heavy (non-hydrogen) atoms. The van der Waals surface area contributed by atoms with Gasteiger partial charge in [0.15, 0.2) is 5.82 Å². The summed E-state index contributed by atoms with van der Waals surface area (Å²) in [6, 6.07) is 9.77. The maximum Gasteiger partial charge on any atom is 0.243 e. The number of aryl methyl sites for hydroxylation is 1. The highest BCUT2D eigenvalue weighted by atomic mass is 15.5. The molecule has 5 nitrogen and oxygen atoms in total. The molecule has 0 saturated heterocycles. The molecule has 0 bridgehead atoms. The largest absolute Gasteiger partial charge is 0.366 e. The Hall–Kier alpha value is -2.17. The quantitative estimate of drug-likeness (QED) is 0.738. The van der Waals surface area contributed by atoms with Gasteiger partial charge in [-0.3, -0.25) is 0 Å². The van der Waals surface area contributed by atoms with Crippen LogP contribution in [0.2, 0.25) is 0 Å². The molecule has 0 atom stereocenters. The highest BCUT2D eigenvalue weighted by molar-refractivity contribution is 5.79. The number of anilines is 1. The number of nitrogens with zero attached hydrogens (tertiary/aromatic N) is 4. The number of rotatable bonds is 2. The van der Waals surface area contributed by atoms with Crippen molar-refractivity contribution in [2.75, 3.05) is 5.73 Å². The first-order valence-electron chi connectivity index (χ1n) is 4.54. The average Bonchev–Trinajstić information content (AvgIpc) is 2.58. The maximum atomic E-state index is 5.58. The lowest BCUT2D eigenvalue weighted by molar-refractivity contribution is 0.842. The van der Waals surface area contributed by atoms with Gasteiger partial charge in [-0.05, 0) is 12.5 Å². The van der Waals surface area contributed by atoms with Crippen molar-refractivity contribution in [3.8, 4) is 0 Å². The first-order chi connectivity index (χ1) is 7.27. The van der Waals surface area contributed by atoms with Crippen molar-refractivity contribution in [2.45, 2.75) is 6.92 Å². The van der Waals surface area contributed by atoms with Gasteiger partial charge in [0.05, 0.1) is 6.21 Å². The summed E-state index contributed by atoms with van der Waals surface area (Å²) in [7, 11) is 0. The van der Waals surface area contributed by atoms with Gasteiger partial charge in [0.2, 0.25) is 5.95 Å². The summed E-state index contributed by atoms with van der Waals surface area (Å²) < 4.78 is 1.49. The molecular weight excluding hydrogens is 190 g/mol. The van der Waals surface area contributed by atoms with E-state index in [1.807, 2.05) is 30.3 Å². The van der Waals surface area contributed by atoms with Crippen molar-refractivity contribution in [3.63, 3.8) is 0 Å². The topological polar surface area (TPSA) is 69.1 Å². The Morgan fingerprint density at radius 2 is 2.00 bits per heavy atom. The fourth-order valence-electron chi connectivity index (χ4n) is 1.18. The first-order valence-corrected chi connectivity index (χ1v) is 4.54. The van der Waals surface area contributed by atoms with E-state index in [1.165, 1.54) is 4.68 Å². The van der Waals surface area contributed by atoms with Gasteiger partial charge in [0.1, 0.15) is 0 Å². The Bertz CT molecular complexity index is 452. The zero-order valence-corrected chi connectivity index (χ0v) is 8.33. The molecule has 0 unspecified atom stereocenters. The summed E-state index contributed by atoms with van der Waals surface area (Å²) in [6.07, 6.45) is 1.72. The number of aromatic nitrogens is 3. The van der Waals surface area contributed by atoms with Gasteiger partial charge in [-0.2, -0.15) is 9.78 Å². The van der Waals surface area contributed by atoms with E-state index in [0.717, 1.165) is 5.56 Å². The number of hydrogen-bond acceptors (Lipinski definition) is 4. The summed E-state index contributed by atoms with van der Waals surface area (Å²) in [6.45, 7) is 1.80. The van der Waals surface area contributed by atoms with Crippen LogP contribution in [-0.4, -0.2) is 21.1 Å². The van der Waals surface area contributed by atoms with E-state index in [2.05, 4.69) is 15.3 Å². The van der Waals surface area contributed by atoms with Crippen LogP contribution in [0, 0.1) is 6.92 Å². The third-order valence-electron chi connectivity index (χ3n) is 1.94.